The van der Waals surface area contributed by atoms with Gasteiger partial charge in [0.25, 0.3) is 0 Å². The van der Waals surface area contributed by atoms with Crippen molar-refractivity contribution in [2.75, 3.05) is 13.6 Å². The van der Waals surface area contributed by atoms with Gasteiger partial charge in [0, 0.05) is 12.6 Å². The molecule has 0 aromatic rings. The van der Waals surface area contributed by atoms with Gasteiger partial charge in [-0.25, -0.2) is 0 Å². The first kappa shape index (κ1) is 12.5. The van der Waals surface area contributed by atoms with Crippen molar-refractivity contribution < 1.29 is 0 Å². The molecule has 0 spiro atoms. The number of hydrogen-bond acceptors (Lipinski definition) is 1. The molecule has 0 amide bonds. The van der Waals surface area contributed by atoms with Crippen LogP contribution in [0, 0.1) is 5.92 Å². The van der Waals surface area contributed by atoms with Crippen LogP contribution in [0.3, 0.4) is 0 Å². The standard InChI is InChI=1S/C14H25N/c1-5-12(2)11-15(4)14-8-6-7-13(3)9-10-14/h6-8,12,14H,5,9-11H2,1-4H3/t12-,14+/m0/s1. The maximum Gasteiger partial charge on any atom is 0.0281 e. The van der Waals surface area contributed by atoms with Crippen LogP contribution in [-0.4, -0.2) is 24.5 Å². The van der Waals surface area contributed by atoms with E-state index in [0.29, 0.717) is 6.04 Å². The second kappa shape index (κ2) is 6.12. The predicted octanol–water partition coefficient (Wildman–Crippen LogP) is 3.63. The first-order valence-electron chi connectivity index (χ1n) is 6.17. The summed E-state index contributed by atoms with van der Waals surface area (Å²) in [6.07, 6.45) is 10.6. The van der Waals surface area contributed by atoms with Gasteiger partial charge in [-0.15, -0.1) is 0 Å². The molecule has 0 radical (unpaired) electrons. The lowest BCUT2D eigenvalue weighted by molar-refractivity contribution is 0.233. The molecule has 0 bridgehead atoms. The number of nitrogens with zero attached hydrogens (tertiary/aromatic N) is 1. The van der Waals surface area contributed by atoms with E-state index in [0.717, 1.165) is 5.92 Å². The van der Waals surface area contributed by atoms with Crippen molar-refractivity contribution in [3.63, 3.8) is 0 Å². The lowest BCUT2D eigenvalue weighted by atomic mass is 10.0. The second-order valence-electron chi connectivity index (χ2n) is 4.96. The fourth-order valence-corrected chi connectivity index (χ4v) is 2.03. The summed E-state index contributed by atoms with van der Waals surface area (Å²) in [7, 11) is 2.25. The summed E-state index contributed by atoms with van der Waals surface area (Å²) in [6, 6.07) is 0.632. The predicted molar refractivity (Wildman–Crippen MR) is 68.0 cm³/mol. The molecule has 0 saturated heterocycles. The van der Waals surface area contributed by atoms with Crippen LogP contribution in [0.25, 0.3) is 0 Å². The number of hydrogen-bond donors (Lipinski definition) is 0. The highest BCUT2D eigenvalue weighted by Crippen LogP contribution is 2.17. The zero-order chi connectivity index (χ0) is 11.3. The first-order chi connectivity index (χ1) is 7.13. The summed E-state index contributed by atoms with van der Waals surface area (Å²) in [5.74, 6) is 0.806. The molecule has 0 aromatic carbocycles. The van der Waals surface area contributed by atoms with E-state index in [4.69, 9.17) is 0 Å². The van der Waals surface area contributed by atoms with Crippen molar-refractivity contribution in [3.8, 4) is 0 Å². The molecule has 1 nitrogen and oxygen atoms in total. The Morgan fingerprint density at radius 1 is 1.53 bits per heavy atom. The highest BCUT2D eigenvalue weighted by atomic mass is 15.1. The van der Waals surface area contributed by atoms with Gasteiger partial charge in [0.1, 0.15) is 0 Å². The van der Waals surface area contributed by atoms with E-state index in [1.807, 2.05) is 0 Å². The Balaban J connectivity index is 2.44. The zero-order valence-corrected chi connectivity index (χ0v) is 10.7. The van der Waals surface area contributed by atoms with E-state index in [1.165, 1.54) is 31.4 Å². The summed E-state index contributed by atoms with van der Waals surface area (Å²) in [5, 5.41) is 0. The van der Waals surface area contributed by atoms with E-state index in [1.54, 1.807) is 0 Å². The fourth-order valence-electron chi connectivity index (χ4n) is 2.03. The molecule has 1 aliphatic carbocycles. The Hall–Kier alpha value is -0.560. The average molecular weight is 207 g/mol. The molecular formula is C14H25N. The van der Waals surface area contributed by atoms with Gasteiger partial charge in [-0.05, 0) is 32.7 Å². The van der Waals surface area contributed by atoms with Crippen molar-refractivity contribution in [2.24, 2.45) is 5.92 Å². The van der Waals surface area contributed by atoms with E-state index in [2.05, 4.69) is 50.9 Å². The smallest absolute Gasteiger partial charge is 0.0281 e. The zero-order valence-electron chi connectivity index (χ0n) is 10.7. The van der Waals surface area contributed by atoms with Crippen LogP contribution in [0.15, 0.2) is 23.8 Å². The third-order valence-corrected chi connectivity index (χ3v) is 3.41. The van der Waals surface area contributed by atoms with Crippen LogP contribution in [0.2, 0.25) is 0 Å². The summed E-state index contributed by atoms with van der Waals surface area (Å²) in [5.41, 5.74) is 1.51. The minimum Gasteiger partial charge on any atom is -0.300 e. The molecule has 15 heavy (non-hydrogen) atoms. The fraction of sp³-hybridized carbons (Fsp3) is 0.714. The van der Waals surface area contributed by atoms with Crippen molar-refractivity contribution in [2.45, 2.75) is 46.1 Å². The van der Waals surface area contributed by atoms with Crippen LogP contribution in [0.4, 0.5) is 0 Å². The normalized spacial score (nSPS) is 23.8. The molecular weight excluding hydrogens is 182 g/mol. The summed E-state index contributed by atoms with van der Waals surface area (Å²) >= 11 is 0. The molecule has 0 heterocycles. The van der Waals surface area contributed by atoms with Crippen molar-refractivity contribution in [1.29, 1.82) is 0 Å². The molecule has 1 aliphatic rings. The molecule has 86 valence electrons. The van der Waals surface area contributed by atoms with Gasteiger partial charge >= 0.3 is 0 Å². The summed E-state index contributed by atoms with van der Waals surface area (Å²) in [4.78, 5) is 2.50. The minimum atomic E-state index is 0.632. The largest absolute Gasteiger partial charge is 0.300 e. The first-order valence-corrected chi connectivity index (χ1v) is 6.17. The highest BCUT2D eigenvalue weighted by molar-refractivity contribution is 5.16. The van der Waals surface area contributed by atoms with Crippen LogP contribution in [0.1, 0.15) is 40.0 Å². The second-order valence-corrected chi connectivity index (χ2v) is 4.96. The van der Waals surface area contributed by atoms with Crippen molar-refractivity contribution >= 4 is 0 Å². The number of allylic oxidation sites excluding steroid dienone is 3. The third-order valence-electron chi connectivity index (χ3n) is 3.41. The highest BCUT2D eigenvalue weighted by Gasteiger charge is 2.14. The lowest BCUT2D eigenvalue weighted by Crippen LogP contribution is -2.33. The van der Waals surface area contributed by atoms with Gasteiger partial charge in [-0.2, -0.15) is 0 Å². The number of rotatable bonds is 4. The number of likely N-dealkylation sites (N-methyl/N-ethyl adjacent to an activating group) is 1. The summed E-state index contributed by atoms with van der Waals surface area (Å²) < 4.78 is 0. The Bertz CT molecular complexity index is 240. The van der Waals surface area contributed by atoms with Crippen LogP contribution < -0.4 is 0 Å². The summed E-state index contributed by atoms with van der Waals surface area (Å²) in [6.45, 7) is 8.04. The molecule has 0 aliphatic heterocycles. The molecule has 0 unspecified atom stereocenters. The molecule has 2 atom stereocenters. The Morgan fingerprint density at radius 3 is 2.93 bits per heavy atom. The van der Waals surface area contributed by atoms with Gasteiger partial charge < -0.3 is 0 Å². The topological polar surface area (TPSA) is 3.24 Å². The van der Waals surface area contributed by atoms with E-state index in [9.17, 15) is 0 Å². The van der Waals surface area contributed by atoms with Crippen LogP contribution >= 0.6 is 0 Å². The van der Waals surface area contributed by atoms with Crippen LogP contribution in [-0.2, 0) is 0 Å². The minimum absolute atomic E-state index is 0.632. The molecule has 0 N–H and O–H groups in total. The van der Waals surface area contributed by atoms with E-state index < -0.39 is 0 Å². The molecule has 0 saturated carbocycles. The SMILES string of the molecule is CC[C@H](C)CN(C)[C@@H]1C=CC=C(C)CC1. The van der Waals surface area contributed by atoms with Gasteiger partial charge in [-0.3, -0.25) is 4.90 Å². The Morgan fingerprint density at radius 2 is 2.27 bits per heavy atom. The average Bonchev–Trinajstić information content (AvgIpc) is 2.42. The lowest BCUT2D eigenvalue weighted by Gasteiger charge is -2.27. The maximum atomic E-state index is 2.50. The third kappa shape index (κ3) is 4.21. The van der Waals surface area contributed by atoms with E-state index >= 15 is 0 Å². The van der Waals surface area contributed by atoms with Gasteiger partial charge in [0.2, 0.25) is 0 Å². The van der Waals surface area contributed by atoms with Gasteiger partial charge in [-0.1, -0.05) is 44.1 Å². The van der Waals surface area contributed by atoms with Gasteiger partial charge in [0.05, 0.1) is 0 Å². The van der Waals surface area contributed by atoms with Crippen molar-refractivity contribution in [3.05, 3.63) is 23.8 Å². The molecule has 0 aromatic heterocycles. The molecule has 0 fully saturated rings. The van der Waals surface area contributed by atoms with Crippen molar-refractivity contribution in [1.82, 2.24) is 4.90 Å². The monoisotopic (exact) mass is 207 g/mol. The van der Waals surface area contributed by atoms with Gasteiger partial charge in [0.15, 0.2) is 0 Å². The van der Waals surface area contributed by atoms with E-state index in [-0.39, 0.29) is 0 Å². The Kier molecular flexibility index (Phi) is 5.10. The maximum absolute atomic E-state index is 2.50. The van der Waals surface area contributed by atoms with Crippen LogP contribution in [0.5, 0.6) is 0 Å². The molecule has 1 rings (SSSR count). The Labute approximate surface area is 94.9 Å². The molecule has 1 heteroatoms. The quantitative estimate of drug-likeness (QED) is 0.680.